The molecule has 148 valence electrons. The first-order valence-electron chi connectivity index (χ1n) is 10.0. The van der Waals surface area contributed by atoms with Gasteiger partial charge >= 0.3 is 0 Å². The molecule has 6 heteroatoms. The SMILES string of the molecule is CCC(C)C1COC(c2cc(N(C)C)cc(C3=NC(C(C)CC)CO3)n2)=N1. The van der Waals surface area contributed by atoms with Crippen LogP contribution in [0.25, 0.3) is 0 Å². The second-order valence-corrected chi connectivity index (χ2v) is 7.89. The van der Waals surface area contributed by atoms with E-state index in [2.05, 4.69) is 32.6 Å². The van der Waals surface area contributed by atoms with Crippen LogP contribution in [0.4, 0.5) is 5.69 Å². The van der Waals surface area contributed by atoms with Crippen LogP contribution in [0.2, 0.25) is 0 Å². The highest BCUT2D eigenvalue weighted by Gasteiger charge is 2.28. The first-order chi connectivity index (χ1) is 12.9. The van der Waals surface area contributed by atoms with Crippen molar-refractivity contribution in [3.63, 3.8) is 0 Å². The fourth-order valence-electron chi connectivity index (χ4n) is 3.18. The molecule has 4 atom stereocenters. The summed E-state index contributed by atoms with van der Waals surface area (Å²) in [4.78, 5) is 16.4. The number of ether oxygens (including phenoxy) is 2. The van der Waals surface area contributed by atoms with Gasteiger partial charge in [0.05, 0.1) is 12.1 Å². The van der Waals surface area contributed by atoms with Crippen molar-refractivity contribution < 1.29 is 9.47 Å². The van der Waals surface area contributed by atoms with Crippen molar-refractivity contribution in [3.8, 4) is 0 Å². The van der Waals surface area contributed by atoms with Gasteiger partial charge in [-0.3, -0.25) is 0 Å². The second-order valence-electron chi connectivity index (χ2n) is 7.89. The highest BCUT2D eigenvalue weighted by atomic mass is 16.5. The zero-order chi connectivity index (χ0) is 19.6. The van der Waals surface area contributed by atoms with E-state index >= 15 is 0 Å². The maximum Gasteiger partial charge on any atom is 0.235 e. The van der Waals surface area contributed by atoms with Crippen molar-refractivity contribution in [2.24, 2.45) is 21.8 Å². The molecule has 0 saturated carbocycles. The van der Waals surface area contributed by atoms with Crippen molar-refractivity contribution in [2.45, 2.75) is 52.6 Å². The summed E-state index contributed by atoms with van der Waals surface area (Å²) in [7, 11) is 4.03. The number of pyridine rings is 1. The molecule has 3 heterocycles. The summed E-state index contributed by atoms with van der Waals surface area (Å²) in [6, 6.07) is 4.44. The molecule has 0 bridgehead atoms. The van der Waals surface area contributed by atoms with E-state index in [-0.39, 0.29) is 12.1 Å². The van der Waals surface area contributed by atoms with Gasteiger partial charge in [-0.1, -0.05) is 40.5 Å². The Morgan fingerprint density at radius 3 is 1.74 bits per heavy atom. The fraction of sp³-hybridized carbons (Fsp3) is 0.667. The second kappa shape index (κ2) is 8.28. The summed E-state index contributed by atoms with van der Waals surface area (Å²) in [5, 5.41) is 0. The third-order valence-electron chi connectivity index (χ3n) is 5.71. The Kier molecular flexibility index (Phi) is 6.02. The average Bonchev–Trinajstić information content (AvgIpc) is 3.36. The highest BCUT2D eigenvalue weighted by molar-refractivity contribution is 5.98. The molecule has 1 aromatic heterocycles. The molecule has 2 aliphatic rings. The van der Waals surface area contributed by atoms with Crippen LogP contribution in [-0.2, 0) is 9.47 Å². The van der Waals surface area contributed by atoms with Crippen LogP contribution < -0.4 is 4.90 Å². The molecule has 6 nitrogen and oxygen atoms in total. The molecule has 3 rings (SSSR count). The van der Waals surface area contributed by atoms with E-state index < -0.39 is 0 Å². The molecule has 0 aromatic carbocycles. The number of hydrogen-bond donors (Lipinski definition) is 0. The Hall–Kier alpha value is -2.11. The molecule has 0 radical (unpaired) electrons. The smallest absolute Gasteiger partial charge is 0.235 e. The number of nitrogens with zero attached hydrogens (tertiary/aromatic N) is 4. The van der Waals surface area contributed by atoms with Gasteiger partial charge in [0.1, 0.15) is 24.6 Å². The maximum absolute atomic E-state index is 5.89. The molecule has 0 amide bonds. The summed E-state index contributed by atoms with van der Waals surface area (Å²) < 4.78 is 11.8. The van der Waals surface area contributed by atoms with Crippen molar-refractivity contribution in [2.75, 3.05) is 32.2 Å². The van der Waals surface area contributed by atoms with E-state index in [1.807, 2.05) is 26.2 Å². The predicted molar refractivity (Wildman–Crippen MR) is 110 cm³/mol. The summed E-state index contributed by atoms with van der Waals surface area (Å²) >= 11 is 0. The maximum atomic E-state index is 5.89. The van der Waals surface area contributed by atoms with E-state index in [0.29, 0.717) is 36.8 Å². The first-order valence-corrected chi connectivity index (χ1v) is 10.0. The lowest BCUT2D eigenvalue weighted by atomic mass is 10.0. The van der Waals surface area contributed by atoms with Crippen LogP contribution in [0.1, 0.15) is 51.9 Å². The largest absolute Gasteiger partial charge is 0.474 e. The summed E-state index contributed by atoms with van der Waals surface area (Å²) in [5.74, 6) is 2.25. The third kappa shape index (κ3) is 4.25. The van der Waals surface area contributed by atoms with Gasteiger partial charge in [0.15, 0.2) is 0 Å². The number of rotatable bonds is 7. The average molecular weight is 373 g/mol. The third-order valence-corrected chi connectivity index (χ3v) is 5.71. The number of hydrogen-bond acceptors (Lipinski definition) is 6. The summed E-state index contributed by atoms with van der Waals surface area (Å²) in [6.45, 7) is 10.1. The normalized spacial score (nSPS) is 23.9. The van der Waals surface area contributed by atoms with E-state index in [1.165, 1.54) is 0 Å². The molecule has 0 N–H and O–H groups in total. The van der Waals surface area contributed by atoms with Crippen molar-refractivity contribution >= 4 is 17.5 Å². The zero-order valence-electron chi connectivity index (χ0n) is 17.4. The molecule has 2 aliphatic heterocycles. The van der Waals surface area contributed by atoms with Crippen molar-refractivity contribution in [1.29, 1.82) is 0 Å². The van der Waals surface area contributed by atoms with Gasteiger partial charge in [-0.2, -0.15) is 0 Å². The Morgan fingerprint density at radius 1 is 0.926 bits per heavy atom. The van der Waals surface area contributed by atoms with Crippen LogP contribution in [0, 0.1) is 11.8 Å². The number of aromatic nitrogens is 1. The predicted octanol–water partition coefficient (Wildman–Crippen LogP) is 3.53. The Balaban J connectivity index is 1.93. The van der Waals surface area contributed by atoms with Crippen LogP contribution in [0.3, 0.4) is 0 Å². The highest BCUT2D eigenvalue weighted by Crippen LogP contribution is 2.24. The minimum atomic E-state index is 0.202. The molecule has 4 unspecified atom stereocenters. The topological polar surface area (TPSA) is 59.3 Å². The summed E-state index contributed by atoms with van der Waals surface area (Å²) in [5.41, 5.74) is 2.53. The lowest BCUT2D eigenvalue weighted by molar-refractivity contribution is 0.281. The zero-order valence-corrected chi connectivity index (χ0v) is 17.4. The van der Waals surface area contributed by atoms with Crippen molar-refractivity contribution in [1.82, 2.24) is 4.98 Å². The quantitative estimate of drug-likeness (QED) is 0.735. The van der Waals surface area contributed by atoms with Crippen LogP contribution in [0.5, 0.6) is 0 Å². The van der Waals surface area contributed by atoms with Gasteiger partial charge in [-0.05, 0) is 24.0 Å². The van der Waals surface area contributed by atoms with Gasteiger partial charge in [-0.25, -0.2) is 15.0 Å². The minimum absolute atomic E-state index is 0.202. The van der Waals surface area contributed by atoms with Gasteiger partial charge in [0.2, 0.25) is 11.8 Å². The van der Waals surface area contributed by atoms with Gasteiger partial charge in [-0.15, -0.1) is 0 Å². The minimum Gasteiger partial charge on any atom is -0.474 e. The molecule has 0 fully saturated rings. The van der Waals surface area contributed by atoms with E-state index in [1.54, 1.807) is 0 Å². The molecule has 0 aliphatic carbocycles. The number of aliphatic imine (C=N–C) groups is 2. The first kappa shape index (κ1) is 19.6. The van der Waals surface area contributed by atoms with Gasteiger partial charge in [0.25, 0.3) is 0 Å². The van der Waals surface area contributed by atoms with Crippen LogP contribution in [0.15, 0.2) is 22.1 Å². The lowest BCUT2D eigenvalue weighted by Crippen LogP contribution is -2.16. The van der Waals surface area contributed by atoms with Crippen molar-refractivity contribution in [3.05, 3.63) is 23.5 Å². The molecule has 1 aromatic rings. The Labute approximate surface area is 162 Å². The monoisotopic (exact) mass is 372 g/mol. The van der Waals surface area contributed by atoms with Crippen LogP contribution in [-0.4, -0.2) is 56.2 Å². The van der Waals surface area contributed by atoms with Gasteiger partial charge in [0, 0.05) is 19.8 Å². The molecule has 0 spiro atoms. The molecular formula is C21H32N4O2. The van der Waals surface area contributed by atoms with Crippen LogP contribution >= 0.6 is 0 Å². The Morgan fingerprint density at radius 2 is 1.37 bits per heavy atom. The summed E-state index contributed by atoms with van der Waals surface area (Å²) in [6.07, 6.45) is 2.17. The molecule has 0 saturated heterocycles. The van der Waals surface area contributed by atoms with E-state index in [9.17, 15) is 0 Å². The lowest BCUT2D eigenvalue weighted by Gasteiger charge is -2.15. The van der Waals surface area contributed by atoms with Gasteiger partial charge < -0.3 is 14.4 Å². The Bertz CT molecular complexity index is 675. The fourth-order valence-corrected chi connectivity index (χ4v) is 3.18. The van der Waals surface area contributed by atoms with E-state index in [4.69, 9.17) is 24.4 Å². The number of anilines is 1. The standard InChI is InChI=1S/C21H32N4O2/c1-7-13(3)18-11-26-20(23-18)16-9-15(25(5)6)10-17(22-16)21-24-19(12-27-21)14(4)8-2/h9-10,13-14,18-19H,7-8,11-12H2,1-6H3. The van der Waals surface area contributed by atoms with E-state index in [0.717, 1.165) is 29.9 Å². The molecular weight excluding hydrogens is 340 g/mol. The molecule has 27 heavy (non-hydrogen) atoms.